The number of anilines is 1. The van der Waals surface area contributed by atoms with Gasteiger partial charge in [-0.3, -0.25) is 4.72 Å². The molecule has 0 aliphatic heterocycles. The van der Waals surface area contributed by atoms with Crippen LogP contribution in [0, 0.1) is 0 Å². The van der Waals surface area contributed by atoms with Gasteiger partial charge in [-0.1, -0.05) is 22.0 Å². The number of ether oxygens (including phenoxy) is 2. The number of carbonyl (C=O) groups excluding carboxylic acids is 1. The second-order valence-electron chi connectivity index (χ2n) is 4.47. The lowest BCUT2D eigenvalue weighted by molar-refractivity contribution is 0.0596. The van der Waals surface area contributed by atoms with Crippen LogP contribution in [-0.2, 0) is 14.8 Å². The Hall–Kier alpha value is -2.06. The quantitative estimate of drug-likeness (QED) is 0.781. The van der Waals surface area contributed by atoms with Gasteiger partial charge >= 0.3 is 5.97 Å². The first-order valence-electron chi connectivity index (χ1n) is 6.42. The van der Waals surface area contributed by atoms with E-state index in [0.717, 1.165) is 0 Å². The third-order valence-corrected chi connectivity index (χ3v) is 4.89. The lowest BCUT2D eigenvalue weighted by Crippen LogP contribution is -2.17. The van der Waals surface area contributed by atoms with Gasteiger partial charge in [-0.2, -0.15) is 0 Å². The van der Waals surface area contributed by atoms with Crippen LogP contribution in [0.3, 0.4) is 0 Å². The Morgan fingerprint density at radius 3 is 2.52 bits per heavy atom. The van der Waals surface area contributed by atoms with Gasteiger partial charge in [-0.05, 0) is 30.3 Å². The van der Waals surface area contributed by atoms with E-state index in [0.29, 0.717) is 15.9 Å². The number of halogens is 1. The molecule has 0 aromatic heterocycles. The maximum Gasteiger partial charge on any atom is 0.339 e. The third kappa shape index (κ3) is 4.02. The van der Waals surface area contributed by atoms with Gasteiger partial charge in [0.2, 0.25) is 0 Å². The monoisotopic (exact) mass is 399 g/mol. The van der Waals surface area contributed by atoms with Crippen LogP contribution in [0.4, 0.5) is 5.69 Å². The van der Waals surface area contributed by atoms with Crippen molar-refractivity contribution in [2.24, 2.45) is 0 Å². The highest BCUT2D eigenvalue weighted by Crippen LogP contribution is 2.25. The minimum atomic E-state index is -3.97. The fourth-order valence-electron chi connectivity index (χ4n) is 1.90. The second-order valence-corrected chi connectivity index (χ2v) is 7.04. The van der Waals surface area contributed by atoms with Crippen LogP contribution in [-0.4, -0.2) is 28.6 Å². The summed E-state index contributed by atoms with van der Waals surface area (Å²) < 4.78 is 37.8. The smallest absolute Gasteiger partial charge is 0.339 e. The van der Waals surface area contributed by atoms with Crippen LogP contribution in [0.15, 0.2) is 51.8 Å². The summed E-state index contributed by atoms with van der Waals surface area (Å²) in [6.45, 7) is 0. The molecule has 2 aromatic rings. The van der Waals surface area contributed by atoms with Gasteiger partial charge in [-0.25, -0.2) is 13.2 Å². The van der Waals surface area contributed by atoms with Gasteiger partial charge in [0.25, 0.3) is 10.0 Å². The molecule has 0 bridgehead atoms. The van der Waals surface area contributed by atoms with Crippen LogP contribution in [0.25, 0.3) is 0 Å². The van der Waals surface area contributed by atoms with Crippen molar-refractivity contribution in [3.05, 3.63) is 52.5 Å². The topological polar surface area (TPSA) is 81.7 Å². The van der Waals surface area contributed by atoms with E-state index in [9.17, 15) is 13.2 Å². The molecule has 0 fully saturated rings. The maximum atomic E-state index is 12.6. The largest absolute Gasteiger partial charge is 0.497 e. The standard InChI is InChI=1S/C15H14BrNO5S/c1-21-12-5-3-4-11(9-12)17-23(19,20)14-7-6-10(16)8-13(14)15(18)22-2/h3-9,17H,1-2H3. The number of nitrogens with one attached hydrogen (secondary N) is 1. The maximum absolute atomic E-state index is 12.6. The van der Waals surface area contributed by atoms with Gasteiger partial charge in [0, 0.05) is 10.5 Å². The third-order valence-electron chi connectivity index (χ3n) is 2.96. The molecule has 2 rings (SSSR count). The van der Waals surface area contributed by atoms with Gasteiger partial charge < -0.3 is 9.47 Å². The summed E-state index contributed by atoms with van der Waals surface area (Å²) in [5, 5.41) is 0. The molecule has 0 aliphatic rings. The van der Waals surface area contributed by atoms with Crippen molar-refractivity contribution >= 4 is 37.6 Å². The van der Waals surface area contributed by atoms with Crippen molar-refractivity contribution < 1.29 is 22.7 Å². The molecule has 2 aromatic carbocycles. The van der Waals surface area contributed by atoms with E-state index in [-0.39, 0.29) is 10.5 Å². The van der Waals surface area contributed by atoms with Crippen molar-refractivity contribution in [3.63, 3.8) is 0 Å². The summed E-state index contributed by atoms with van der Waals surface area (Å²) in [5.74, 6) is -0.230. The lowest BCUT2D eigenvalue weighted by Gasteiger charge is -2.12. The average Bonchev–Trinajstić information content (AvgIpc) is 2.53. The predicted octanol–water partition coefficient (Wildman–Crippen LogP) is 3.05. The van der Waals surface area contributed by atoms with Crippen molar-refractivity contribution in [2.45, 2.75) is 4.90 Å². The normalized spacial score (nSPS) is 10.9. The summed E-state index contributed by atoms with van der Waals surface area (Å²) in [5.41, 5.74) is 0.264. The van der Waals surface area contributed by atoms with Crippen LogP contribution < -0.4 is 9.46 Å². The Morgan fingerprint density at radius 2 is 1.87 bits per heavy atom. The molecule has 0 aliphatic carbocycles. The fourth-order valence-corrected chi connectivity index (χ4v) is 3.49. The van der Waals surface area contributed by atoms with Crippen LogP contribution >= 0.6 is 15.9 Å². The first-order chi connectivity index (χ1) is 10.9. The van der Waals surface area contributed by atoms with Gasteiger partial charge in [0.15, 0.2) is 0 Å². The molecule has 122 valence electrons. The van der Waals surface area contributed by atoms with E-state index in [1.54, 1.807) is 18.2 Å². The number of hydrogen-bond donors (Lipinski definition) is 1. The number of rotatable bonds is 5. The number of hydrogen-bond acceptors (Lipinski definition) is 5. The van der Waals surface area contributed by atoms with Crippen LogP contribution in [0.2, 0.25) is 0 Å². The van der Waals surface area contributed by atoms with E-state index < -0.39 is 16.0 Å². The summed E-state index contributed by atoms with van der Waals surface area (Å²) >= 11 is 3.21. The Bertz CT molecular complexity index is 836. The highest BCUT2D eigenvalue weighted by Gasteiger charge is 2.23. The highest BCUT2D eigenvalue weighted by atomic mass is 79.9. The summed E-state index contributed by atoms with van der Waals surface area (Å²) in [7, 11) is -1.29. The molecule has 0 unspecified atom stereocenters. The Morgan fingerprint density at radius 1 is 1.13 bits per heavy atom. The van der Waals surface area contributed by atoms with E-state index in [1.165, 1.54) is 38.5 Å². The number of esters is 1. The van der Waals surface area contributed by atoms with Crippen molar-refractivity contribution in [3.8, 4) is 5.75 Å². The summed E-state index contributed by atoms with van der Waals surface area (Å²) in [4.78, 5) is 11.7. The molecule has 0 amide bonds. The van der Waals surface area contributed by atoms with Crippen LogP contribution in [0.1, 0.15) is 10.4 Å². The Balaban J connectivity index is 2.45. The minimum Gasteiger partial charge on any atom is -0.497 e. The SMILES string of the molecule is COC(=O)c1cc(Br)ccc1S(=O)(=O)Nc1cccc(OC)c1. The summed E-state index contributed by atoms with van der Waals surface area (Å²) in [6.07, 6.45) is 0. The molecular weight excluding hydrogens is 386 g/mol. The Kier molecular flexibility index (Phi) is 5.27. The van der Waals surface area contributed by atoms with E-state index in [2.05, 4.69) is 25.4 Å². The number of benzene rings is 2. The number of methoxy groups -OCH3 is 2. The zero-order chi connectivity index (χ0) is 17.0. The van der Waals surface area contributed by atoms with Crippen molar-refractivity contribution in [1.82, 2.24) is 0 Å². The predicted molar refractivity (Wildman–Crippen MR) is 89.3 cm³/mol. The molecule has 0 radical (unpaired) electrons. The van der Waals surface area contributed by atoms with Crippen molar-refractivity contribution in [2.75, 3.05) is 18.9 Å². The minimum absolute atomic E-state index is 0.0581. The number of sulfonamides is 1. The second kappa shape index (κ2) is 7.01. The van der Waals surface area contributed by atoms with E-state index in [4.69, 9.17) is 4.74 Å². The molecule has 0 saturated heterocycles. The Labute approximate surface area is 142 Å². The van der Waals surface area contributed by atoms with Gasteiger partial charge in [0.1, 0.15) is 10.6 Å². The lowest BCUT2D eigenvalue weighted by atomic mass is 10.2. The first kappa shape index (κ1) is 17.3. The molecule has 23 heavy (non-hydrogen) atoms. The molecule has 1 N–H and O–H groups in total. The average molecular weight is 400 g/mol. The molecule has 6 nitrogen and oxygen atoms in total. The molecule has 0 saturated carbocycles. The molecule has 0 atom stereocenters. The fraction of sp³-hybridized carbons (Fsp3) is 0.133. The van der Waals surface area contributed by atoms with Gasteiger partial charge in [0.05, 0.1) is 25.5 Å². The highest BCUT2D eigenvalue weighted by molar-refractivity contribution is 9.10. The summed E-state index contributed by atoms with van der Waals surface area (Å²) in [6, 6.07) is 10.7. The van der Waals surface area contributed by atoms with E-state index in [1.807, 2.05) is 0 Å². The number of carbonyl (C=O) groups is 1. The molecule has 8 heteroatoms. The van der Waals surface area contributed by atoms with E-state index >= 15 is 0 Å². The molecular formula is C15H14BrNO5S. The molecule has 0 heterocycles. The van der Waals surface area contributed by atoms with Crippen molar-refractivity contribution in [1.29, 1.82) is 0 Å². The zero-order valence-corrected chi connectivity index (χ0v) is 14.8. The first-order valence-corrected chi connectivity index (χ1v) is 8.69. The van der Waals surface area contributed by atoms with Gasteiger partial charge in [-0.15, -0.1) is 0 Å². The van der Waals surface area contributed by atoms with Crippen LogP contribution in [0.5, 0.6) is 5.75 Å². The molecule has 0 spiro atoms. The zero-order valence-electron chi connectivity index (χ0n) is 12.4.